The van der Waals surface area contributed by atoms with Crippen LogP contribution in [0.1, 0.15) is 0 Å². The van der Waals surface area contributed by atoms with Crippen LogP contribution in [0, 0.1) is 0 Å². The topological polar surface area (TPSA) is 4.93 Å². The zero-order valence-electron chi connectivity index (χ0n) is 14.4. The van der Waals surface area contributed by atoms with Gasteiger partial charge >= 0.3 is 0 Å². The minimum absolute atomic E-state index is 0.503. The maximum atomic E-state index is 2.47. The normalized spacial score (nSPS) is 12.6. The molecule has 0 aliphatic heterocycles. The summed E-state index contributed by atoms with van der Waals surface area (Å²) in [6, 6.07) is 33.4. The lowest BCUT2D eigenvalue weighted by molar-refractivity contribution is 1.51. The lowest BCUT2D eigenvalue weighted by Gasteiger charge is -2.03. The molecule has 1 unspecified atom stereocenters. The van der Waals surface area contributed by atoms with Crippen molar-refractivity contribution in [2.75, 3.05) is 0 Å². The fraction of sp³-hybridized carbons (Fsp3) is 0. The van der Waals surface area contributed by atoms with Gasteiger partial charge in [0.15, 0.2) is 0 Å². The molecule has 0 N–H and O–H groups in total. The molecular formula is C24H15INP. The number of para-hydroxylation sites is 1. The Bertz CT molecular complexity index is 1470. The second kappa shape index (κ2) is 5.85. The highest BCUT2D eigenvalue weighted by Crippen LogP contribution is 2.56. The third kappa shape index (κ3) is 2.11. The van der Waals surface area contributed by atoms with E-state index in [0.717, 1.165) is 0 Å². The molecule has 0 amide bonds. The van der Waals surface area contributed by atoms with Crippen LogP contribution in [-0.4, -0.2) is 2.78 Å². The van der Waals surface area contributed by atoms with Gasteiger partial charge < -0.3 is 0 Å². The van der Waals surface area contributed by atoms with Crippen molar-refractivity contribution in [1.29, 1.82) is 0 Å². The fourth-order valence-corrected chi connectivity index (χ4v) is 7.86. The highest BCUT2D eigenvalue weighted by molar-refractivity contribution is 14.1. The predicted molar refractivity (Wildman–Crippen MR) is 128 cm³/mol. The quantitative estimate of drug-likeness (QED) is 0.211. The lowest BCUT2D eigenvalue weighted by Crippen LogP contribution is -1.78. The van der Waals surface area contributed by atoms with Crippen molar-refractivity contribution in [3.63, 3.8) is 0 Å². The molecule has 6 aromatic rings. The molecule has 0 fully saturated rings. The van der Waals surface area contributed by atoms with Gasteiger partial charge in [-0.2, -0.15) is 0 Å². The summed E-state index contributed by atoms with van der Waals surface area (Å²) in [5.74, 6) is 0. The summed E-state index contributed by atoms with van der Waals surface area (Å²) in [6.07, 6.45) is 0. The van der Waals surface area contributed by atoms with Gasteiger partial charge in [-0.25, -0.2) is 0 Å². The van der Waals surface area contributed by atoms with Crippen molar-refractivity contribution in [1.82, 2.24) is 2.78 Å². The summed E-state index contributed by atoms with van der Waals surface area (Å²) in [6.45, 7) is 0. The van der Waals surface area contributed by atoms with Crippen LogP contribution in [0.5, 0.6) is 0 Å². The summed E-state index contributed by atoms with van der Waals surface area (Å²) in [4.78, 5) is 0. The van der Waals surface area contributed by atoms with Gasteiger partial charge in [0.25, 0.3) is 0 Å². The molecule has 0 saturated heterocycles. The monoisotopic (exact) mass is 475 g/mol. The van der Waals surface area contributed by atoms with Crippen molar-refractivity contribution < 1.29 is 0 Å². The summed E-state index contributed by atoms with van der Waals surface area (Å²) in [5, 5.41) is 9.87. The predicted octanol–water partition coefficient (Wildman–Crippen LogP) is 8.27. The van der Waals surface area contributed by atoms with E-state index in [4.69, 9.17) is 0 Å². The Balaban J connectivity index is 1.92. The first-order valence-corrected chi connectivity index (χ1v) is 11.3. The minimum atomic E-state index is -0.503. The number of hydrogen-bond donors (Lipinski definition) is 0. The zero-order chi connectivity index (χ0) is 18.0. The van der Waals surface area contributed by atoms with Crippen molar-refractivity contribution >= 4 is 73.2 Å². The van der Waals surface area contributed by atoms with Gasteiger partial charge in [0.05, 0.1) is 33.9 Å². The van der Waals surface area contributed by atoms with E-state index >= 15 is 0 Å². The lowest BCUT2D eigenvalue weighted by atomic mass is 10.1. The van der Waals surface area contributed by atoms with Crippen molar-refractivity contribution in [2.24, 2.45) is 0 Å². The molecule has 2 aromatic heterocycles. The second-order valence-corrected chi connectivity index (χ2v) is 9.96. The molecular weight excluding hydrogens is 460 g/mol. The Hall–Kier alpha value is -2.29. The van der Waals surface area contributed by atoms with Gasteiger partial charge in [-0.05, 0) is 22.8 Å². The van der Waals surface area contributed by atoms with Crippen LogP contribution >= 0.6 is 30.4 Å². The van der Waals surface area contributed by atoms with Gasteiger partial charge in [0, 0.05) is 26.4 Å². The fourth-order valence-electron chi connectivity index (χ4n) is 4.31. The maximum absolute atomic E-state index is 2.47. The number of nitrogens with zero attached hydrogens (tertiary/aromatic N) is 1. The Morgan fingerprint density at radius 2 is 1.30 bits per heavy atom. The first kappa shape index (κ1) is 15.7. The molecule has 1 nitrogen and oxygen atoms in total. The molecule has 3 heteroatoms. The third-order valence-electron chi connectivity index (χ3n) is 5.43. The molecule has 0 radical (unpaired) electrons. The standard InChI is InChI=1S/C24H15INP/c25-26-20-12-6-4-10-17(20)18-14-15-22-23(24(18)26)19-11-5-7-13-21(19)27(22)16-8-2-1-3-9-16/h1-15H. The summed E-state index contributed by atoms with van der Waals surface area (Å²) in [5.41, 5.74) is 2.64. The summed E-state index contributed by atoms with van der Waals surface area (Å²) < 4.78 is 2.35. The van der Waals surface area contributed by atoms with Crippen LogP contribution in [0.4, 0.5) is 0 Å². The Morgan fingerprint density at radius 3 is 2.15 bits per heavy atom. The number of rotatable bonds is 1. The molecule has 2 heterocycles. The number of benzene rings is 4. The van der Waals surface area contributed by atoms with E-state index in [1.165, 1.54) is 48.1 Å². The summed E-state index contributed by atoms with van der Waals surface area (Å²) >= 11 is 2.47. The van der Waals surface area contributed by atoms with Gasteiger partial charge in [-0.1, -0.05) is 86.4 Å². The number of hydrogen-bond acceptors (Lipinski definition) is 0. The SMILES string of the molecule is In1c2ccccc2c2ccc3c(c4ccccc4p3-c3ccccc3)c21. The average molecular weight is 475 g/mol. The molecule has 0 aliphatic rings. The highest BCUT2D eigenvalue weighted by atomic mass is 127. The first-order valence-electron chi connectivity index (χ1n) is 9.01. The molecule has 6 rings (SSSR count). The van der Waals surface area contributed by atoms with Gasteiger partial charge in [0.2, 0.25) is 0 Å². The average Bonchev–Trinajstić information content (AvgIpc) is 3.22. The van der Waals surface area contributed by atoms with E-state index in [-0.39, 0.29) is 0 Å². The van der Waals surface area contributed by atoms with Gasteiger partial charge in [-0.3, -0.25) is 2.78 Å². The van der Waals surface area contributed by atoms with Gasteiger partial charge in [-0.15, -0.1) is 0 Å². The Kier molecular flexibility index (Phi) is 3.41. The molecule has 27 heavy (non-hydrogen) atoms. The van der Waals surface area contributed by atoms with Crippen molar-refractivity contribution in [3.8, 4) is 5.30 Å². The van der Waals surface area contributed by atoms with E-state index in [1.54, 1.807) is 0 Å². The van der Waals surface area contributed by atoms with Crippen LogP contribution < -0.4 is 0 Å². The minimum Gasteiger partial charge on any atom is -0.281 e. The number of fused-ring (bicyclic) bond motifs is 7. The maximum Gasteiger partial charge on any atom is 0.0678 e. The zero-order valence-corrected chi connectivity index (χ0v) is 17.5. The van der Waals surface area contributed by atoms with E-state index < -0.39 is 7.53 Å². The third-order valence-corrected chi connectivity index (χ3v) is 8.97. The van der Waals surface area contributed by atoms with E-state index in [1.807, 2.05) is 0 Å². The van der Waals surface area contributed by atoms with E-state index in [9.17, 15) is 0 Å². The number of aromatic nitrogens is 1. The van der Waals surface area contributed by atoms with E-state index in [2.05, 4.69) is 117 Å². The van der Waals surface area contributed by atoms with Crippen molar-refractivity contribution in [3.05, 3.63) is 91.0 Å². The largest absolute Gasteiger partial charge is 0.281 e. The molecule has 1 atom stereocenters. The molecule has 0 bridgehead atoms. The van der Waals surface area contributed by atoms with Crippen LogP contribution in [0.2, 0.25) is 0 Å². The van der Waals surface area contributed by atoms with Crippen LogP contribution in [0.15, 0.2) is 91.0 Å². The highest BCUT2D eigenvalue weighted by Gasteiger charge is 2.19. The molecule has 0 spiro atoms. The Labute approximate surface area is 171 Å². The van der Waals surface area contributed by atoms with Crippen LogP contribution in [0.3, 0.4) is 0 Å². The van der Waals surface area contributed by atoms with E-state index in [0.29, 0.717) is 0 Å². The molecule has 0 aliphatic carbocycles. The second-order valence-electron chi connectivity index (χ2n) is 6.84. The molecule has 4 aromatic carbocycles. The Morgan fingerprint density at radius 1 is 0.593 bits per heavy atom. The smallest absolute Gasteiger partial charge is 0.0678 e. The van der Waals surface area contributed by atoms with Gasteiger partial charge in [0.1, 0.15) is 0 Å². The summed E-state index contributed by atoms with van der Waals surface area (Å²) in [7, 11) is -0.503. The molecule has 0 saturated carbocycles. The number of halogens is 1. The first-order chi connectivity index (χ1) is 13.3. The van der Waals surface area contributed by atoms with Crippen LogP contribution in [-0.2, 0) is 0 Å². The van der Waals surface area contributed by atoms with Crippen molar-refractivity contribution in [2.45, 2.75) is 0 Å². The molecule has 128 valence electrons. The van der Waals surface area contributed by atoms with Crippen LogP contribution in [0.25, 0.3) is 48.1 Å².